The monoisotopic (exact) mass is 401 g/mol. The zero-order valence-corrected chi connectivity index (χ0v) is 15.6. The molecule has 0 amide bonds. The molecule has 0 bridgehead atoms. The third kappa shape index (κ3) is 2.94. The summed E-state index contributed by atoms with van der Waals surface area (Å²) in [6.45, 7) is 7.54. The molecular weight excluding hydrogens is 390 g/mol. The molecule has 2 aromatic carbocycles. The lowest BCUT2D eigenvalue weighted by molar-refractivity contribution is 0.774. The summed E-state index contributed by atoms with van der Waals surface area (Å²) in [6, 6.07) is 12.6. The number of imidazole rings is 2. The van der Waals surface area contributed by atoms with Crippen LogP contribution in [-0.4, -0.2) is 29.1 Å². The average molecular weight is 402 g/mol. The molecule has 9 heteroatoms. The molecule has 0 saturated carbocycles. The Morgan fingerprint density at radius 1 is 1.17 bits per heavy atom. The van der Waals surface area contributed by atoms with Gasteiger partial charge in [0.2, 0.25) is 5.95 Å². The molecule has 0 aliphatic rings. The van der Waals surface area contributed by atoms with Gasteiger partial charge in [-0.25, -0.2) is 19.6 Å². The van der Waals surface area contributed by atoms with E-state index in [9.17, 15) is 4.79 Å². The summed E-state index contributed by atoms with van der Waals surface area (Å²) >= 11 is 6.06. The zero-order chi connectivity index (χ0) is 20.0. The van der Waals surface area contributed by atoms with Crippen molar-refractivity contribution in [2.75, 3.05) is 0 Å². The SMILES string of the molecule is [C-]#[N+]c1ccc2ncn(-c3ncc4[nH]c(=O)n(Cc5cccc(Cl)c5)c4n3)c2c1. The number of rotatable bonds is 3. The minimum Gasteiger partial charge on any atom is -0.303 e. The fourth-order valence-electron chi connectivity index (χ4n) is 3.24. The molecule has 0 saturated heterocycles. The Morgan fingerprint density at radius 3 is 2.90 bits per heavy atom. The van der Waals surface area contributed by atoms with E-state index in [1.807, 2.05) is 18.2 Å². The van der Waals surface area contributed by atoms with E-state index in [1.165, 1.54) is 4.57 Å². The number of aromatic amines is 1. The van der Waals surface area contributed by atoms with E-state index in [1.54, 1.807) is 41.4 Å². The second-order valence-corrected chi connectivity index (χ2v) is 6.89. The van der Waals surface area contributed by atoms with Crippen LogP contribution in [0.15, 0.2) is 59.8 Å². The lowest BCUT2D eigenvalue weighted by Gasteiger charge is -2.06. The largest absolute Gasteiger partial charge is 0.328 e. The lowest BCUT2D eigenvalue weighted by atomic mass is 10.2. The Morgan fingerprint density at radius 2 is 2.07 bits per heavy atom. The maximum absolute atomic E-state index is 12.5. The van der Waals surface area contributed by atoms with E-state index in [0.29, 0.717) is 34.4 Å². The number of hydrogen-bond acceptors (Lipinski definition) is 4. The number of fused-ring (bicyclic) bond motifs is 2. The van der Waals surface area contributed by atoms with Gasteiger partial charge in [-0.15, -0.1) is 0 Å². The van der Waals surface area contributed by atoms with E-state index in [2.05, 4.69) is 24.8 Å². The first kappa shape index (κ1) is 17.2. The summed E-state index contributed by atoms with van der Waals surface area (Å²) in [5.41, 5.74) is 3.56. The van der Waals surface area contributed by atoms with Gasteiger partial charge in [-0.3, -0.25) is 9.13 Å². The van der Waals surface area contributed by atoms with Crippen LogP contribution in [0.3, 0.4) is 0 Å². The van der Waals surface area contributed by atoms with Crippen LogP contribution in [-0.2, 0) is 6.54 Å². The minimum atomic E-state index is -0.280. The molecule has 0 aliphatic heterocycles. The van der Waals surface area contributed by atoms with E-state index in [-0.39, 0.29) is 5.69 Å². The van der Waals surface area contributed by atoms with Crippen LogP contribution in [0.1, 0.15) is 5.56 Å². The molecule has 5 aromatic rings. The Balaban J connectivity index is 1.66. The number of hydrogen-bond donors (Lipinski definition) is 1. The van der Waals surface area contributed by atoms with Crippen molar-refractivity contribution < 1.29 is 0 Å². The van der Waals surface area contributed by atoms with Gasteiger partial charge in [0, 0.05) is 5.02 Å². The number of benzene rings is 2. The summed E-state index contributed by atoms with van der Waals surface area (Å²) in [6.07, 6.45) is 3.17. The Hall–Kier alpha value is -3.96. The number of nitrogens with zero attached hydrogens (tertiary/aromatic N) is 6. The summed E-state index contributed by atoms with van der Waals surface area (Å²) in [5.74, 6) is 0.362. The molecule has 0 atom stereocenters. The van der Waals surface area contributed by atoms with Gasteiger partial charge in [0.05, 0.1) is 30.3 Å². The first-order valence-corrected chi connectivity index (χ1v) is 9.05. The van der Waals surface area contributed by atoms with Gasteiger partial charge in [-0.1, -0.05) is 29.8 Å². The zero-order valence-electron chi connectivity index (χ0n) is 14.9. The van der Waals surface area contributed by atoms with Gasteiger partial charge >= 0.3 is 5.69 Å². The van der Waals surface area contributed by atoms with Gasteiger partial charge in [0.1, 0.15) is 11.8 Å². The molecule has 5 rings (SSSR count). The third-order valence-corrected chi connectivity index (χ3v) is 4.84. The van der Waals surface area contributed by atoms with Gasteiger partial charge in [0.15, 0.2) is 11.3 Å². The molecule has 0 radical (unpaired) electrons. The first-order chi connectivity index (χ1) is 14.1. The van der Waals surface area contributed by atoms with Crippen LogP contribution in [0.5, 0.6) is 0 Å². The van der Waals surface area contributed by atoms with Crippen molar-refractivity contribution in [2.24, 2.45) is 0 Å². The van der Waals surface area contributed by atoms with Crippen LogP contribution in [0, 0.1) is 6.57 Å². The minimum absolute atomic E-state index is 0.280. The normalized spacial score (nSPS) is 11.2. The summed E-state index contributed by atoms with van der Waals surface area (Å²) in [7, 11) is 0. The molecule has 8 nitrogen and oxygen atoms in total. The van der Waals surface area contributed by atoms with Crippen LogP contribution in [0.25, 0.3) is 33.0 Å². The number of H-pyrrole nitrogens is 1. The molecule has 1 N–H and O–H groups in total. The van der Waals surface area contributed by atoms with Crippen molar-refractivity contribution in [1.29, 1.82) is 0 Å². The van der Waals surface area contributed by atoms with Crippen molar-refractivity contribution in [3.63, 3.8) is 0 Å². The van der Waals surface area contributed by atoms with Crippen LogP contribution < -0.4 is 5.69 Å². The highest BCUT2D eigenvalue weighted by Crippen LogP contribution is 2.23. The van der Waals surface area contributed by atoms with Crippen molar-refractivity contribution >= 4 is 39.5 Å². The molecule has 0 spiro atoms. The van der Waals surface area contributed by atoms with Gasteiger partial charge in [-0.2, -0.15) is 4.98 Å². The summed E-state index contributed by atoms with van der Waals surface area (Å²) in [4.78, 5) is 32.0. The predicted octanol–water partition coefficient (Wildman–Crippen LogP) is 3.71. The van der Waals surface area contributed by atoms with Crippen LogP contribution >= 0.6 is 11.6 Å². The summed E-state index contributed by atoms with van der Waals surface area (Å²) < 4.78 is 3.24. The van der Waals surface area contributed by atoms with Crippen LogP contribution in [0.4, 0.5) is 5.69 Å². The molecule has 140 valence electrons. The van der Waals surface area contributed by atoms with Crippen molar-refractivity contribution in [2.45, 2.75) is 6.54 Å². The number of nitrogens with one attached hydrogen (secondary N) is 1. The van der Waals surface area contributed by atoms with Crippen molar-refractivity contribution in [3.05, 3.63) is 87.5 Å². The second kappa shape index (κ2) is 6.58. The predicted molar refractivity (Wildman–Crippen MR) is 110 cm³/mol. The van der Waals surface area contributed by atoms with Gasteiger partial charge < -0.3 is 4.98 Å². The number of aromatic nitrogens is 6. The van der Waals surface area contributed by atoms with Gasteiger partial charge in [-0.05, 0) is 29.8 Å². The van der Waals surface area contributed by atoms with E-state index >= 15 is 0 Å². The molecular formula is C20H12ClN7O. The fourth-order valence-corrected chi connectivity index (χ4v) is 3.46. The Bertz CT molecular complexity index is 1490. The quantitative estimate of drug-likeness (QED) is 0.467. The van der Waals surface area contributed by atoms with Gasteiger partial charge in [0.25, 0.3) is 0 Å². The standard InChI is InChI=1S/C20H12ClN7O/c1-22-14-5-6-15-17(8-14)28(11-24-15)19-23-9-16-18(26-19)27(20(29)25-16)10-12-3-2-4-13(21)7-12/h2-9,11H,10H2,(H,25,29). The number of halogens is 1. The highest BCUT2D eigenvalue weighted by Gasteiger charge is 2.13. The smallest absolute Gasteiger partial charge is 0.303 e. The van der Waals surface area contributed by atoms with Crippen molar-refractivity contribution in [1.82, 2.24) is 29.1 Å². The Labute approximate surface area is 168 Å². The first-order valence-electron chi connectivity index (χ1n) is 8.67. The average Bonchev–Trinajstić information content (AvgIpc) is 3.28. The highest BCUT2D eigenvalue weighted by atomic mass is 35.5. The highest BCUT2D eigenvalue weighted by molar-refractivity contribution is 6.30. The molecule has 0 fully saturated rings. The third-order valence-electron chi connectivity index (χ3n) is 4.60. The molecule has 3 aromatic heterocycles. The molecule has 3 heterocycles. The molecule has 29 heavy (non-hydrogen) atoms. The maximum Gasteiger partial charge on any atom is 0.328 e. The second-order valence-electron chi connectivity index (χ2n) is 6.45. The van der Waals surface area contributed by atoms with E-state index in [0.717, 1.165) is 16.6 Å². The topological polar surface area (TPSA) is 85.8 Å². The molecule has 0 unspecified atom stereocenters. The fraction of sp³-hybridized carbons (Fsp3) is 0.0500. The molecule has 0 aliphatic carbocycles. The van der Waals surface area contributed by atoms with E-state index < -0.39 is 0 Å². The Kier molecular flexibility index (Phi) is 3.89. The summed E-state index contributed by atoms with van der Waals surface area (Å²) in [5, 5.41) is 0.603. The van der Waals surface area contributed by atoms with E-state index in [4.69, 9.17) is 18.2 Å². The lowest BCUT2D eigenvalue weighted by Crippen LogP contribution is -2.18. The van der Waals surface area contributed by atoms with Crippen LogP contribution in [0.2, 0.25) is 5.02 Å². The van der Waals surface area contributed by atoms with Crippen molar-refractivity contribution in [3.8, 4) is 5.95 Å². The maximum atomic E-state index is 12.5.